The van der Waals surface area contributed by atoms with E-state index in [9.17, 15) is 19.2 Å². The van der Waals surface area contributed by atoms with Crippen molar-refractivity contribution in [2.75, 3.05) is 20.8 Å². The van der Waals surface area contributed by atoms with Gasteiger partial charge in [-0.25, -0.2) is 14.5 Å². The van der Waals surface area contributed by atoms with Crippen LogP contribution in [0.2, 0.25) is 5.02 Å². The molecule has 0 spiro atoms. The second kappa shape index (κ2) is 23.2. The number of hydrogen-bond donors (Lipinski definition) is 1. The number of esters is 1. The molecule has 0 radical (unpaired) electrons. The smallest absolute Gasteiger partial charge is 0.417 e. The number of nitrogens with one attached hydrogen (secondary N) is 1. The molecule has 1 N–H and O–H groups in total. The van der Waals surface area contributed by atoms with Gasteiger partial charge in [0.15, 0.2) is 23.4 Å². The Morgan fingerprint density at radius 3 is 1.91 bits per heavy atom. The molecule has 3 atom stereocenters. The molecule has 0 unspecified atom stereocenters. The van der Waals surface area contributed by atoms with Crippen LogP contribution in [-0.4, -0.2) is 97.6 Å². The summed E-state index contributed by atoms with van der Waals surface area (Å²) in [6.45, 7) is 4.12. The zero-order valence-electron chi connectivity index (χ0n) is 42.7. The minimum atomic E-state index is -1.89. The lowest BCUT2D eigenvalue weighted by molar-refractivity contribution is -0.157. The summed E-state index contributed by atoms with van der Waals surface area (Å²) in [6, 6.07) is 43.8. The van der Waals surface area contributed by atoms with Crippen molar-refractivity contribution in [3.8, 4) is 23.0 Å². The van der Waals surface area contributed by atoms with E-state index in [0.717, 1.165) is 38.1 Å². The van der Waals surface area contributed by atoms with Crippen molar-refractivity contribution >= 4 is 53.1 Å². The van der Waals surface area contributed by atoms with Crippen molar-refractivity contribution < 1.29 is 52.4 Å². The highest BCUT2D eigenvalue weighted by Crippen LogP contribution is 2.51. The zero-order valence-corrected chi connectivity index (χ0v) is 44.2. The third-order valence-corrected chi connectivity index (χ3v) is 14.4. The topological polar surface area (TPSA) is 203 Å². The molecule has 18 nitrogen and oxygen atoms in total. The number of hydrogen-bond acceptors (Lipinski definition) is 15. The number of aromatic nitrogens is 4. The van der Waals surface area contributed by atoms with Crippen LogP contribution in [0.25, 0.3) is 0 Å². The molecule has 20 heteroatoms. The quantitative estimate of drug-likeness (QED) is 0.0595. The lowest BCUT2D eigenvalue weighted by Crippen LogP contribution is -2.67. The van der Waals surface area contributed by atoms with Crippen LogP contribution in [-0.2, 0) is 54.9 Å². The molecule has 4 amide bonds. The van der Waals surface area contributed by atoms with Gasteiger partial charge in [0.1, 0.15) is 41.7 Å². The Morgan fingerprint density at radius 1 is 0.766 bits per heavy atom. The van der Waals surface area contributed by atoms with Crippen LogP contribution >= 0.6 is 23.4 Å². The highest BCUT2D eigenvalue weighted by Gasteiger charge is 2.65. The predicted molar refractivity (Wildman–Crippen MR) is 284 cm³/mol. The standard InChI is InChI=1S/C57H54ClN7O11S/c1-56(2,3)76-55(70)63(51(67)43-29-30-44(73-33-37-21-25-41(71-4)26-22-37)50(47(43)58)74-34-38-23-27-42(72-5)28-24-38)32-45-60-62-65(61-45)57(54(69)75-49(39-17-11-7-12-18-39)40-19-13-8-14-20-40)35-64-52(68)48(53(64)77-57)59-46(66)31-36-15-9-6-10-16-36/h6-30,48-49,53H,31-35H2,1-5H3,(H,59,66)/t48-,53-,57-/m1/s1. The Labute approximate surface area is 453 Å². The van der Waals surface area contributed by atoms with E-state index in [4.69, 9.17) is 40.0 Å². The third-order valence-electron chi connectivity index (χ3n) is 12.4. The Balaban J connectivity index is 1.04. The van der Waals surface area contributed by atoms with Gasteiger partial charge in [0.25, 0.3) is 5.91 Å². The second-order valence-electron chi connectivity index (χ2n) is 19.0. The molecule has 2 aliphatic rings. The number of ether oxygens (including phenoxy) is 6. The maximum Gasteiger partial charge on any atom is 0.417 e. The number of tetrazole rings is 1. The number of benzene rings is 6. The van der Waals surface area contributed by atoms with E-state index in [1.807, 2.05) is 115 Å². The molecular formula is C57H54ClN7O11S. The van der Waals surface area contributed by atoms with Crippen LogP contribution in [0.5, 0.6) is 23.0 Å². The van der Waals surface area contributed by atoms with Crippen LogP contribution in [0, 0.1) is 0 Å². The van der Waals surface area contributed by atoms with E-state index in [1.54, 1.807) is 59.3 Å². The van der Waals surface area contributed by atoms with Crippen molar-refractivity contribution in [2.45, 2.75) is 74.9 Å². The molecule has 396 valence electrons. The van der Waals surface area contributed by atoms with Crippen LogP contribution in [0.4, 0.5) is 4.79 Å². The van der Waals surface area contributed by atoms with Gasteiger partial charge in [-0.15, -0.1) is 15.0 Å². The molecular weight excluding hydrogens is 1030 g/mol. The molecule has 2 aliphatic heterocycles. The Kier molecular flexibility index (Phi) is 16.1. The Morgan fingerprint density at radius 2 is 1.34 bits per heavy atom. The number of carbonyl (C=O) groups excluding carboxylic acids is 5. The monoisotopic (exact) mass is 1080 g/mol. The van der Waals surface area contributed by atoms with E-state index in [1.165, 1.54) is 17.0 Å². The van der Waals surface area contributed by atoms with Gasteiger partial charge in [-0.1, -0.05) is 139 Å². The minimum absolute atomic E-state index is 0.00733. The molecule has 6 aromatic carbocycles. The molecule has 7 aromatic rings. The van der Waals surface area contributed by atoms with E-state index in [2.05, 4.69) is 20.7 Å². The Bertz CT molecular complexity index is 3200. The van der Waals surface area contributed by atoms with Crippen molar-refractivity contribution in [1.82, 2.24) is 35.3 Å². The van der Waals surface area contributed by atoms with E-state index < -0.39 is 58.4 Å². The van der Waals surface area contributed by atoms with Gasteiger partial charge in [-0.3, -0.25) is 14.4 Å². The highest BCUT2D eigenvalue weighted by molar-refractivity contribution is 8.01. The summed E-state index contributed by atoms with van der Waals surface area (Å²) in [5.74, 6) is -1.22. The number of halogens is 1. The fourth-order valence-corrected chi connectivity index (χ4v) is 10.4. The maximum atomic E-state index is 15.1. The molecule has 0 saturated carbocycles. The number of amides is 4. The number of methoxy groups -OCH3 is 2. The summed E-state index contributed by atoms with van der Waals surface area (Å²) >= 11 is 8.14. The van der Waals surface area contributed by atoms with Gasteiger partial charge < -0.3 is 38.6 Å². The summed E-state index contributed by atoms with van der Waals surface area (Å²) in [5.41, 5.74) is 2.40. The number of imide groups is 1. The third kappa shape index (κ3) is 12.2. The van der Waals surface area contributed by atoms with Gasteiger partial charge in [-0.05, 0) is 90.2 Å². The number of nitrogens with zero attached hydrogens (tertiary/aromatic N) is 6. The SMILES string of the molecule is COc1ccc(COc2ccc(C(=O)N(Cc3nnn([C@]4(C(=O)OC(c5ccccc5)c5ccccc5)CN5C(=O)[C@@H](NC(=O)Cc6ccccc6)[C@H]5S4)n3)C(=O)OC(C)(C)C)c(Cl)c2OCc2ccc(OC)cc2)cc1. The highest BCUT2D eigenvalue weighted by atomic mass is 35.5. The lowest BCUT2D eigenvalue weighted by atomic mass is 10.0. The van der Waals surface area contributed by atoms with Gasteiger partial charge in [0, 0.05) is 0 Å². The van der Waals surface area contributed by atoms with E-state index in [0.29, 0.717) is 22.6 Å². The summed E-state index contributed by atoms with van der Waals surface area (Å²) in [4.78, 5) is 72.8. The number of thioether (sulfide) groups is 1. The zero-order chi connectivity index (χ0) is 54.3. The average Bonchev–Trinajstić information content (AvgIpc) is 4.14. The van der Waals surface area contributed by atoms with Crippen molar-refractivity contribution in [3.63, 3.8) is 0 Å². The van der Waals surface area contributed by atoms with Gasteiger partial charge >= 0.3 is 12.1 Å². The fourth-order valence-electron chi connectivity index (χ4n) is 8.51. The average molecular weight is 1080 g/mol. The molecule has 0 bridgehead atoms. The Hall–Kier alpha value is -8.42. The first kappa shape index (κ1) is 53.4. The number of carbonyl (C=O) groups is 5. The van der Waals surface area contributed by atoms with Crippen LogP contribution in [0.3, 0.4) is 0 Å². The van der Waals surface area contributed by atoms with E-state index in [-0.39, 0.29) is 60.0 Å². The summed E-state index contributed by atoms with van der Waals surface area (Å²) in [5, 5.41) is 15.2. The summed E-state index contributed by atoms with van der Waals surface area (Å²) in [6.07, 6.45) is -1.96. The van der Waals surface area contributed by atoms with Crippen molar-refractivity contribution in [3.05, 3.63) is 196 Å². The second-order valence-corrected chi connectivity index (χ2v) is 20.7. The molecule has 2 saturated heterocycles. The molecule has 2 fully saturated rings. The number of fused-ring (bicyclic) bond motifs is 1. The van der Waals surface area contributed by atoms with Gasteiger partial charge in [0.05, 0.1) is 44.3 Å². The molecule has 77 heavy (non-hydrogen) atoms. The lowest BCUT2D eigenvalue weighted by Gasteiger charge is -2.41. The van der Waals surface area contributed by atoms with Crippen molar-refractivity contribution in [2.24, 2.45) is 0 Å². The van der Waals surface area contributed by atoms with Crippen LogP contribution in [0.15, 0.2) is 152 Å². The predicted octanol–water partition coefficient (Wildman–Crippen LogP) is 8.71. The largest absolute Gasteiger partial charge is 0.497 e. The summed E-state index contributed by atoms with van der Waals surface area (Å²) < 4.78 is 35.4. The molecule has 9 rings (SSSR count). The van der Waals surface area contributed by atoms with Crippen molar-refractivity contribution in [1.29, 1.82) is 0 Å². The maximum absolute atomic E-state index is 15.1. The molecule has 0 aliphatic carbocycles. The van der Waals surface area contributed by atoms with Gasteiger partial charge in [0.2, 0.25) is 16.7 Å². The first-order valence-corrected chi connectivity index (χ1v) is 25.7. The summed E-state index contributed by atoms with van der Waals surface area (Å²) in [7, 11) is 3.14. The fraction of sp³-hybridized carbons (Fsp3) is 0.263. The van der Waals surface area contributed by atoms with Crippen LogP contribution < -0.4 is 24.3 Å². The molecule has 3 heterocycles. The first-order valence-electron chi connectivity index (χ1n) is 24.4. The van der Waals surface area contributed by atoms with E-state index >= 15 is 4.79 Å². The number of rotatable bonds is 19. The molecule has 1 aromatic heterocycles. The minimum Gasteiger partial charge on any atom is -0.497 e. The normalized spacial score (nSPS) is 16.7. The van der Waals surface area contributed by atoms with Crippen LogP contribution in [0.1, 0.15) is 70.9 Å². The number of β-lactam (4-membered cyclic amide) rings is 1. The first-order chi connectivity index (χ1) is 37.1. The van der Waals surface area contributed by atoms with Gasteiger partial charge in [-0.2, -0.15) is 0 Å².